The van der Waals surface area contributed by atoms with Crippen LogP contribution in [0.5, 0.6) is 0 Å². The number of aromatic nitrogens is 2. The smallest absolute Gasteiger partial charge is 0.0548 e. The topological polar surface area (TPSA) is 16.3 Å². The molecule has 0 amide bonds. The fourth-order valence-corrected chi connectivity index (χ4v) is 11.9. The molecule has 0 bridgehead atoms. The highest BCUT2D eigenvalue weighted by Gasteiger charge is 2.24. The van der Waals surface area contributed by atoms with E-state index in [9.17, 15) is 0 Å². The van der Waals surface area contributed by atoms with Gasteiger partial charge in [0.05, 0.1) is 33.4 Å². The summed E-state index contributed by atoms with van der Waals surface area (Å²) in [6, 6.07) is 102. The van der Waals surface area contributed by atoms with Gasteiger partial charge in [-0.15, -0.1) is 0 Å². The number of hydrogen-bond donors (Lipinski definition) is 0. The lowest BCUT2D eigenvalue weighted by molar-refractivity contribution is 1.18. The van der Waals surface area contributed by atoms with Crippen LogP contribution in [0, 0.1) is 0 Å². The maximum Gasteiger partial charge on any atom is 0.0548 e. The molecule has 4 heteroatoms. The van der Waals surface area contributed by atoms with Crippen LogP contribution < -0.4 is 9.80 Å². The summed E-state index contributed by atoms with van der Waals surface area (Å²) in [5, 5.41) is 10.1. The number of nitrogens with zero attached hydrogens (tertiary/aromatic N) is 4. The monoisotopic (exact) mass is 942 g/mol. The molecule has 0 aliphatic rings. The van der Waals surface area contributed by atoms with Gasteiger partial charge in [-0.2, -0.15) is 0 Å². The lowest BCUT2D eigenvalue weighted by atomic mass is 9.97. The van der Waals surface area contributed by atoms with Crippen molar-refractivity contribution >= 4 is 99.3 Å². The minimum absolute atomic E-state index is 1.10. The van der Waals surface area contributed by atoms with Gasteiger partial charge in [-0.1, -0.05) is 164 Å². The molecule has 2 aromatic heterocycles. The average molecular weight is 943 g/mol. The minimum Gasteiger partial charge on any atom is -0.310 e. The van der Waals surface area contributed by atoms with Crippen molar-refractivity contribution in [2.24, 2.45) is 0 Å². The Morgan fingerprint density at radius 1 is 0.230 bits per heavy atom. The molecule has 15 aromatic rings. The first-order valence-corrected chi connectivity index (χ1v) is 25.4. The fraction of sp³-hybridized carbons (Fsp3) is 0. The Hall–Kier alpha value is -9.90. The SMILES string of the molecule is c1ccc(N(c2ccc(-c3cccc(-c4ccc(N(c5ccccc5)c5ccc6c7c5ccc5cccc(c57)n6-c5ccccc5)cc4)c3)cc2)c2ccc3c4c2ccc2cccc(c24)n3-c2ccccc2)cc1. The standard InChI is InChI=1S/C70H46N4/c1-5-20-53(21-6-1)71(61-42-44-65-69-59(61)40-34-49-16-14-28-63(67(49)69)73(65)55-24-9-3-10-25-55)57-36-30-47(31-37-57)51-18-13-19-52(46-51)48-32-38-58(39-33-48)72(54-22-7-2-8-23-54)62-43-45-66-70-60(62)41-35-50-17-15-29-64(68(50)70)74(66)56-26-11-4-12-27-56/h1-46H. The highest BCUT2D eigenvalue weighted by molar-refractivity contribution is 6.28. The first-order valence-electron chi connectivity index (χ1n) is 25.4. The van der Waals surface area contributed by atoms with Crippen molar-refractivity contribution in [2.75, 3.05) is 9.80 Å². The Kier molecular flexibility index (Phi) is 9.54. The van der Waals surface area contributed by atoms with Crippen molar-refractivity contribution in [3.8, 4) is 33.6 Å². The van der Waals surface area contributed by atoms with E-state index in [4.69, 9.17) is 0 Å². The summed E-state index contributed by atoms with van der Waals surface area (Å²) in [4.78, 5) is 4.81. The zero-order valence-electron chi connectivity index (χ0n) is 40.3. The summed E-state index contributed by atoms with van der Waals surface area (Å²) >= 11 is 0. The molecule has 74 heavy (non-hydrogen) atoms. The van der Waals surface area contributed by atoms with Crippen molar-refractivity contribution < 1.29 is 0 Å². The molecule has 2 heterocycles. The quantitative estimate of drug-likeness (QED) is 0.127. The molecule has 0 atom stereocenters. The molecule has 0 N–H and O–H groups in total. The second-order valence-electron chi connectivity index (χ2n) is 19.3. The number of para-hydroxylation sites is 4. The van der Waals surface area contributed by atoms with Crippen molar-refractivity contribution in [3.63, 3.8) is 0 Å². The number of hydrogen-bond acceptors (Lipinski definition) is 2. The number of rotatable bonds is 10. The first-order chi connectivity index (χ1) is 36.7. The van der Waals surface area contributed by atoms with Gasteiger partial charge in [-0.05, 0) is 148 Å². The molecule has 0 saturated carbocycles. The maximum absolute atomic E-state index is 2.41. The number of benzene rings is 13. The summed E-state index contributed by atoms with van der Waals surface area (Å²) in [7, 11) is 0. The predicted octanol–water partition coefficient (Wildman–Crippen LogP) is 19.3. The van der Waals surface area contributed by atoms with Gasteiger partial charge < -0.3 is 18.9 Å². The van der Waals surface area contributed by atoms with E-state index in [0.717, 1.165) is 56.6 Å². The van der Waals surface area contributed by atoms with Gasteiger partial charge in [0.15, 0.2) is 0 Å². The highest BCUT2D eigenvalue weighted by Crippen LogP contribution is 2.48. The third kappa shape index (κ3) is 6.55. The Labute approximate surface area is 428 Å². The minimum atomic E-state index is 1.10. The molecule has 0 saturated heterocycles. The highest BCUT2D eigenvalue weighted by atomic mass is 15.2. The molecule has 13 aromatic carbocycles. The van der Waals surface area contributed by atoms with Crippen LogP contribution in [0.1, 0.15) is 0 Å². The number of anilines is 6. The van der Waals surface area contributed by atoms with Crippen LogP contribution in [0.15, 0.2) is 279 Å². The molecule has 0 spiro atoms. The van der Waals surface area contributed by atoms with E-state index in [2.05, 4.69) is 298 Å². The normalized spacial score (nSPS) is 11.8. The third-order valence-corrected chi connectivity index (χ3v) is 15.2. The lowest BCUT2D eigenvalue weighted by Crippen LogP contribution is -2.10. The van der Waals surface area contributed by atoms with Crippen LogP contribution in [-0.4, -0.2) is 9.13 Å². The van der Waals surface area contributed by atoms with Gasteiger partial charge >= 0.3 is 0 Å². The molecule has 15 rings (SSSR count). The summed E-state index contributed by atoms with van der Waals surface area (Å²) in [5.41, 5.74) is 18.6. The van der Waals surface area contributed by atoms with E-state index in [0.29, 0.717) is 0 Å². The Balaban J connectivity index is 0.783. The predicted molar refractivity (Wildman–Crippen MR) is 313 cm³/mol. The zero-order chi connectivity index (χ0) is 48.7. The van der Waals surface area contributed by atoms with Crippen molar-refractivity contribution in [1.29, 1.82) is 0 Å². The summed E-state index contributed by atoms with van der Waals surface area (Å²) < 4.78 is 4.82. The molecule has 346 valence electrons. The fourth-order valence-electron chi connectivity index (χ4n) is 11.9. The zero-order valence-corrected chi connectivity index (χ0v) is 40.3. The van der Waals surface area contributed by atoms with Crippen LogP contribution in [0.4, 0.5) is 34.1 Å². The van der Waals surface area contributed by atoms with E-state index < -0.39 is 0 Å². The van der Waals surface area contributed by atoms with Crippen LogP contribution in [-0.2, 0) is 0 Å². The van der Waals surface area contributed by atoms with Crippen LogP contribution in [0.2, 0.25) is 0 Å². The van der Waals surface area contributed by atoms with Gasteiger partial charge in [0, 0.05) is 66.4 Å². The van der Waals surface area contributed by atoms with Crippen LogP contribution in [0.25, 0.3) is 98.8 Å². The molecule has 0 fully saturated rings. The van der Waals surface area contributed by atoms with E-state index in [1.54, 1.807) is 0 Å². The van der Waals surface area contributed by atoms with Crippen molar-refractivity contribution in [3.05, 3.63) is 279 Å². The molecule has 0 unspecified atom stereocenters. The van der Waals surface area contributed by atoms with Gasteiger partial charge in [0.1, 0.15) is 0 Å². The van der Waals surface area contributed by atoms with Crippen molar-refractivity contribution in [1.82, 2.24) is 9.13 Å². The molecule has 0 radical (unpaired) electrons. The maximum atomic E-state index is 2.41. The second-order valence-corrected chi connectivity index (χ2v) is 19.3. The van der Waals surface area contributed by atoms with Gasteiger partial charge in [0.25, 0.3) is 0 Å². The Bertz CT molecular complexity index is 4210. The lowest BCUT2D eigenvalue weighted by Gasteiger charge is -2.27. The third-order valence-electron chi connectivity index (χ3n) is 15.2. The molecular formula is C70H46N4. The Morgan fingerprint density at radius 3 is 1.01 bits per heavy atom. The summed E-state index contributed by atoms with van der Waals surface area (Å²) in [6.45, 7) is 0. The first kappa shape index (κ1) is 41.8. The summed E-state index contributed by atoms with van der Waals surface area (Å²) in [6.07, 6.45) is 0. The van der Waals surface area contributed by atoms with E-state index in [-0.39, 0.29) is 0 Å². The second kappa shape index (κ2) is 16.9. The van der Waals surface area contributed by atoms with Crippen LogP contribution in [0.3, 0.4) is 0 Å². The largest absolute Gasteiger partial charge is 0.310 e. The van der Waals surface area contributed by atoms with Gasteiger partial charge in [-0.25, -0.2) is 0 Å². The van der Waals surface area contributed by atoms with E-state index >= 15 is 0 Å². The molecule has 0 aliphatic carbocycles. The van der Waals surface area contributed by atoms with Gasteiger partial charge in [-0.3, -0.25) is 0 Å². The van der Waals surface area contributed by atoms with Gasteiger partial charge in [0.2, 0.25) is 0 Å². The van der Waals surface area contributed by atoms with Crippen molar-refractivity contribution in [2.45, 2.75) is 0 Å². The van der Waals surface area contributed by atoms with E-state index in [1.807, 2.05) is 0 Å². The average Bonchev–Trinajstić information content (AvgIpc) is 4.02. The van der Waals surface area contributed by atoms with Crippen LogP contribution >= 0.6 is 0 Å². The molecular weight excluding hydrogens is 897 g/mol. The Morgan fingerprint density at radius 2 is 0.595 bits per heavy atom. The molecule has 4 nitrogen and oxygen atoms in total. The molecule has 0 aliphatic heterocycles. The summed E-state index contributed by atoms with van der Waals surface area (Å²) in [5.74, 6) is 0. The van der Waals surface area contributed by atoms with E-state index in [1.165, 1.54) is 76.3 Å².